The highest BCUT2D eigenvalue weighted by atomic mass is 16.5. The van der Waals surface area contributed by atoms with E-state index in [1.165, 1.54) is 0 Å². The van der Waals surface area contributed by atoms with Crippen molar-refractivity contribution in [3.8, 4) is 0 Å². The maximum atomic E-state index is 12.7. The number of carbonyl (C=O) groups is 1. The predicted octanol–water partition coefficient (Wildman–Crippen LogP) is 3.39. The number of benzene rings is 2. The average Bonchev–Trinajstić information content (AvgIpc) is 2.96. The molecule has 1 amide bonds. The number of carbonyl (C=O) groups excluding carboxylic acids is 1. The maximum Gasteiger partial charge on any atom is 0.226 e. The van der Waals surface area contributed by atoms with Crippen molar-refractivity contribution in [2.45, 2.75) is 51.7 Å². The van der Waals surface area contributed by atoms with Crippen LogP contribution in [0.4, 0.5) is 0 Å². The zero-order chi connectivity index (χ0) is 18.5. The number of amides is 1. The van der Waals surface area contributed by atoms with Crippen LogP contribution in [-0.4, -0.2) is 34.2 Å². The van der Waals surface area contributed by atoms with Crippen molar-refractivity contribution in [1.82, 2.24) is 4.90 Å². The first kappa shape index (κ1) is 18.6. The van der Waals surface area contributed by atoms with Gasteiger partial charge in [0.2, 0.25) is 5.91 Å². The molecule has 2 aromatic carbocycles. The molecule has 0 saturated carbocycles. The molecule has 1 fully saturated rings. The molecule has 1 unspecified atom stereocenters. The van der Waals surface area contributed by atoms with E-state index in [0.29, 0.717) is 19.6 Å². The lowest BCUT2D eigenvalue weighted by molar-refractivity contribution is -0.131. The quantitative estimate of drug-likeness (QED) is 0.830. The normalized spacial score (nSPS) is 21.4. The Bertz CT molecular complexity index is 702. The van der Waals surface area contributed by atoms with Gasteiger partial charge in [-0.15, -0.1) is 0 Å². The third-order valence-electron chi connectivity index (χ3n) is 4.97. The number of aliphatic hydroxyl groups excluding tert-OH is 1. The summed E-state index contributed by atoms with van der Waals surface area (Å²) in [6, 6.07) is 19.5. The topological polar surface area (TPSA) is 49.8 Å². The number of rotatable bonds is 7. The molecule has 1 saturated heterocycles. The second kappa shape index (κ2) is 8.47. The molecule has 138 valence electrons. The van der Waals surface area contributed by atoms with E-state index in [-0.39, 0.29) is 24.0 Å². The van der Waals surface area contributed by atoms with Crippen LogP contribution in [0.15, 0.2) is 60.7 Å². The second-order valence-electron chi connectivity index (χ2n) is 7.27. The lowest BCUT2D eigenvalue weighted by atomic mass is 9.95. The Morgan fingerprint density at radius 3 is 2.19 bits per heavy atom. The summed E-state index contributed by atoms with van der Waals surface area (Å²) in [5.74, 6) is 0.0867. The third kappa shape index (κ3) is 4.32. The number of hydrogen-bond acceptors (Lipinski definition) is 3. The lowest BCUT2D eigenvalue weighted by Crippen LogP contribution is -2.48. The van der Waals surface area contributed by atoms with Gasteiger partial charge in [0.05, 0.1) is 31.3 Å². The molecule has 0 radical (unpaired) electrons. The molecule has 0 aromatic heterocycles. The van der Waals surface area contributed by atoms with Gasteiger partial charge in [0, 0.05) is 6.54 Å². The highest BCUT2D eigenvalue weighted by molar-refractivity contribution is 5.80. The van der Waals surface area contributed by atoms with Gasteiger partial charge < -0.3 is 14.7 Å². The van der Waals surface area contributed by atoms with Gasteiger partial charge in [-0.1, -0.05) is 74.5 Å². The van der Waals surface area contributed by atoms with E-state index in [0.717, 1.165) is 11.1 Å². The van der Waals surface area contributed by atoms with Gasteiger partial charge in [0.1, 0.15) is 0 Å². The SMILES string of the molecule is CC(C)C(O)[C@@H]1[C@@H](OCc2ccccc2)CC(=O)N1Cc1ccccc1. The Morgan fingerprint density at radius 2 is 1.62 bits per heavy atom. The molecule has 1 aliphatic rings. The zero-order valence-electron chi connectivity index (χ0n) is 15.4. The Kier molecular flexibility index (Phi) is 6.07. The summed E-state index contributed by atoms with van der Waals surface area (Å²) < 4.78 is 6.09. The van der Waals surface area contributed by atoms with E-state index in [1.54, 1.807) is 4.90 Å². The molecule has 0 aliphatic carbocycles. The summed E-state index contributed by atoms with van der Waals surface area (Å²) in [6.45, 7) is 4.89. The maximum absolute atomic E-state index is 12.7. The van der Waals surface area contributed by atoms with E-state index >= 15 is 0 Å². The van der Waals surface area contributed by atoms with Gasteiger partial charge in [0.25, 0.3) is 0 Å². The summed E-state index contributed by atoms with van der Waals surface area (Å²) in [7, 11) is 0. The van der Waals surface area contributed by atoms with Crippen molar-refractivity contribution in [2.75, 3.05) is 0 Å². The number of hydrogen-bond donors (Lipinski definition) is 1. The van der Waals surface area contributed by atoms with Crippen LogP contribution in [0.5, 0.6) is 0 Å². The average molecular weight is 353 g/mol. The van der Waals surface area contributed by atoms with Crippen molar-refractivity contribution < 1.29 is 14.6 Å². The van der Waals surface area contributed by atoms with Crippen LogP contribution in [0.2, 0.25) is 0 Å². The van der Waals surface area contributed by atoms with E-state index in [2.05, 4.69) is 0 Å². The van der Waals surface area contributed by atoms with Gasteiger partial charge >= 0.3 is 0 Å². The highest BCUT2D eigenvalue weighted by Crippen LogP contribution is 2.30. The Balaban J connectivity index is 1.76. The molecular weight excluding hydrogens is 326 g/mol. The van der Waals surface area contributed by atoms with Crippen LogP contribution in [0.25, 0.3) is 0 Å². The molecule has 4 nitrogen and oxygen atoms in total. The van der Waals surface area contributed by atoms with Crippen LogP contribution < -0.4 is 0 Å². The fourth-order valence-corrected chi connectivity index (χ4v) is 3.48. The molecule has 1 aliphatic heterocycles. The van der Waals surface area contributed by atoms with Gasteiger partial charge in [-0.2, -0.15) is 0 Å². The van der Waals surface area contributed by atoms with Crippen LogP contribution in [0, 0.1) is 5.92 Å². The summed E-state index contributed by atoms with van der Waals surface area (Å²) in [4.78, 5) is 14.5. The molecular formula is C22H27NO3. The van der Waals surface area contributed by atoms with Crippen molar-refractivity contribution in [3.05, 3.63) is 71.8 Å². The minimum absolute atomic E-state index is 0.0385. The molecule has 0 spiro atoms. The molecule has 1 N–H and O–H groups in total. The number of ether oxygens (including phenoxy) is 1. The highest BCUT2D eigenvalue weighted by Gasteiger charge is 2.45. The third-order valence-corrected chi connectivity index (χ3v) is 4.97. The van der Waals surface area contributed by atoms with Gasteiger partial charge in [-0.3, -0.25) is 4.79 Å². The van der Waals surface area contributed by atoms with Crippen molar-refractivity contribution in [3.63, 3.8) is 0 Å². The fourth-order valence-electron chi connectivity index (χ4n) is 3.48. The van der Waals surface area contributed by atoms with Gasteiger partial charge in [-0.25, -0.2) is 0 Å². The van der Waals surface area contributed by atoms with Crippen LogP contribution in [0.3, 0.4) is 0 Å². The number of aliphatic hydroxyl groups is 1. The largest absolute Gasteiger partial charge is 0.391 e. The summed E-state index contributed by atoms with van der Waals surface area (Å²) in [5.41, 5.74) is 2.13. The van der Waals surface area contributed by atoms with E-state index < -0.39 is 6.10 Å². The molecule has 1 heterocycles. The monoisotopic (exact) mass is 353 g/mol. The zero-order valence-corrected chi connectivity index (χ0v) is 15.4. The van der Waals surface area contributed by atoms with Gasteiger partial charge in [-0.05, 0) is 17.0 Å². The van der Waals surface area contributed by atoms with E-state index in [9.17, 15) is 9.90 Å². The molecule has 3 rings (SSSR count). The lowest BCUT2D eigenvalue weighted by Gasteiger charge is -2.34. The molecule has 26 heavy (non-hydrogen) atoms. The Labute approximate surface area is 155 Å². The van der Waals surface area contributed by atoms with Crippen LogP contribution in [0.1, 0.15) is 31.4 Å². The van der Waals surface area contributed by atoms with Crippen molar-refractivity contribution in [2.24, 2.45) is 5.92 Å². The molecule has 0 bridgehead atoms. The van der Waals surface area contributed by atoms with Crippen LogP contribution >= 0.6 is 0 Å². The number of nitrogens with zero attached hydrogens (tertiary/aromatic N) is 1. The Hall–Kier alpha value is -2.17. The first-order valence-corrected chi connectivity index (χ1v) is 9.23. The first-order chi connectivity index (χ1) is 12.6. The van der Waals surface area contributed by atoms with Crippen molar-refractivity contribution in [1.29, 1.82) is 0 Å². The minimum Gasteiger partial charge on any atom is -0.391 e. The Morgan fingerprint density at radius 1 is 1.04 bits per heavy atom. The first-order valence-electron chi connectivity index (χ1n) is 9.23. The molecule has 2 aromatic rings. The standard InChI is InChI=1S/C22H27NO3/c1-16(2)22(25)21-19(26-15-18-11-7-4-8-12-18)13-20(24)23(21)14-17-9-5-3-6-10-17/h3-12,16,19,21-22,25H,13-15H2,1-2H3/t19-,21-,22?/m0/s1. The predicted molar refractivity (Wildman–Crippen MR) is 101 cm³/mol. The number of likely N-dealkylation sites (tertiary alicyclic amines) is 1. The van der Waals surface area contributed by atoms with Gasteiger partial charge in [0.15, 0.2) is 0 Å². The van der Waals surface area contributed by atoms with Crippen molar-refractivity contribution >= 4 is 5.91 Å². The molecule has 4 heteroatoms. The molecule has 3 atom stereocenters. The summed E-state index contributed by atoms with van der Waals surface area (Å²) >= 11 is 0. The van der Waals surface area contributed by atoms with Crippen LogP contribution in [-0.2, 0) is 22.7 Å². The van der Waals surface area contributed by atoms with E-state index in [4.69, 9.17) is 4.74 Å². The second-order valence-corrected chi connectivity index (χ2v) is 7.27. The van der Waals surface area contributed by atoms with E-state index in [1.807, 2.05) is 74.5 Å². The minimum atomic E-state index is -0.620. The summed E-state index contributed by atoms with van der Waals surface area (Å²) in [6.07, 6.45) is -0.608. The summed E-state index contributed by atoms with van der Waals surface area (Å²) in [5, 5.41) is 10.8. The smallest absolute Gasteiger partial charge is 0.226 e. The fraction of sp³-hybridized carbons (Fsp3) is 0.409.